The number of carbonyl (C=O) groups is 9. The van der Waals surface area contributed by atoms with Crippen LogP contribution in [-0.4, -0.2) is 178 Å². The van der Waals surface area contributed by atoms with E-state index in [1.807, 2.05) is 70.2 Å². The Hall–Kier alpha value is -5.64. The van der Waals surface area contributed by atoms with E-state index in [1.54, 1.807) is 53.7 Å². The number of ether oxygens (including phenoxy) is 1. The first kappa shape index (κ1) is 66.9. The molecule has 2 aliphatic rings. The van der Waals surface area contributed by atoms with Crippen molar-refractivity contribution in [2.24, 2.45) is 29.6 Å². The Balaban J connectivity index is 1.98. The highest BCUT2D eigenvalue weighted by molar-refractivity contribution is 14.1. The standard InChI is InChI=1S/C60H91IN8O11/c1-17-37(9)46-57(76)66(14)47(35(5)6)52(71)62-42(31-34(3)4)55(74)68(16)50(60(11,12)79)59(78)80-49(38(10)18-2)58(77)67(15)48(36(7)8)53(72)63-43(32-39-23-20-19-21-24-39)54(73)65(13)45(33-40-26-28-41(61)29-27-40)56(75)69-30-22-25-44(69)51(70)64-46/h19-21,23-24,26-29,34-38,42-50,79H,17-18,22,25,30-33H2,1-16H3,(H,62,71)(H,63,72)(H,64,70)/t37?,38?,42-,43-,44-,45-,46-,47-,48-,49+,50+/m0/s1. The van der Waals surface area contributed by atoms with Crippen LogP contribution in [0.5, 0.6) is 0 Å². The lowest BCUT2D eigenvalue weighted by atomic mass is 9.93. The largest absolute Gasteiger partial charge is 0.450 e. The van der Waals surface area contributed by atoms with Gasteiger partial charge in [-0.1, -0.05) is 118 Å². The van der Waals surface area contributed by atoms with Crippen molar-refractivity contribution in [3.8, 4) is 0 Å². The monoisotopic (exact) mass is 1230 g/mol. The van der Waals surface area contributed by atoms with E-state index >= 15 is 9.59 Å². The minimum atomic E-state index is -1.97. The summed E-state index contributed by atoms with van der Waals surface area (Å²) in [6, 6.07) is 6.46. The maximum atomic E-state index is 15.3. The van der Waals surface area contributed by atoms with Crippen LogP contribution in [-0.2, 0) is 60.7 Å². The molecule has 11 atom stereocenters. The SMILES string of the molecule is CCC(C)[C@@H]1NC(=O)[C@@H]2CCCN2C(=O)[C@H](Cc2ccc(I)cc2)N(C)C(=O)[C@H](Cc2ccccc2)NC(=O)[C@H](C(C)C)N(C)C(=O)[C@@H](C(C)CC)OC(=O)[C@H](C(C)(C)O)N(C)C(=O)[C@H](CC(C)C)NC(=O)[C@H](C(C)C)N(C)C1=O. The fraction of sp³-hybridized carbons (Fsp3) is 0.650. The molecule has 4 N–H and O–H groups in total. The van der Waals surface area contributed by atoms with Gasteiger partial charge in [0.25, 0.3) is 5.91 Å². The molecule has 4 rings (SSSR count). The van der Waals surface area contributed by atoms with Crippen LogP contribution in [0.1, 0.15) is 126 Å². The summed E-state index contributed by atoms with van der Waals surface area (Å²) >= 11 is 2.18. The van der Waals surface area contributed by atoms with Gasteiger partial charge in [-0.3, -0.25) is 38.4 Å². The van der Waals surface area contributed by atoms with Gasteiger partial charge in [-0.05, 0) is 109 Å². The van der Waals surface area contributed by atoms with Crippen molar-refractivity contribution in [2.75, 3.05) is 34.7 Å². The van der Waals surface area contributed by atoms with E-state index < -0.39 is 137 Å². The number of amides is 8. The second kappa shape index (κ2) is 29.4. The van der Waals surface area contributed by atoms with E-state index in [1.165, 1.54) is 61.6 Å². The summed E-state index contributed by atoms with van der Waals surface area (Å²) in [6.07, 6.45) is 0.0876. The van der Waals surface area contributed by atoms with Gasteiger partial charge < -0.3 is 50.3 Å². The number of carbonyl (C=O) groups excluding carboxylic acids is 9. The molecule has 2 aliphatic heterocycles. The molecule has 0 aliphatic carbocycles. The van der Waals surface area contributed by atoms with E-state index in [4.69, 9.17) is 4.74 Å². The van der Waals surface area contributed by atoms with Crippen molar-refractivity contribution in [3.05, 3.63) is 69.3 Å². The van der Waals surface area contributed by atoms with E-state index in [0.29, 0.717) is 24.8 Å². The number of hydrogen-bond acceptors (Lipinski definition) is 11. The van der Waals surface area contributed by atoms with Crippen molar-refractivity contribution in [3.63, 3.8) is 0 Å². The van der Waals surface area contributed by atoms with Crippen molar-refractivity contribution < 1.29 is 53.0 Å². The maximum absolute atomic E-state index is 15.3. The molecule has 0 saturated carbocycles. The Morgan fingerprint density at radius 3 is 1.64 bits per heavy atom. The lowest BCUT2D eigenvalue weighted by Crippen LogP contribution is -2.63. The van der Waals surface area contributed by atoms with Crippen LogP contribution < -0.4 is 16.0 Å². The molecule has 0 bridgehead atoms. The third kappa shape index (κ3) is 16.7. The predicted molar refractivity (Wildman–Crippen MR) is 314 cm³/mol. The number of rotatable bonds is 13. The molecule has 0 spiro atoms. The van der Waals surface area contributed by atoms with Crippen molar-refractivity contribution >= 4 is 75.8 Å². The third-order valence-corrected chi connectivity index (χ3v) is 16.6. The minimum absolute atomic E-state index is 0.00855. The first-order chi connectivity index (χ1) is 37.4. The van der Waals surface area contributed by atoms with Crippen LogP contribution in [0, 0.1) is 33.2 Å². The highest BCUT2D eigenvalue weighted by Gasteiger charge is 2.48. The molecule has 2 aromatic rings. The number of nitrogens with zero attached hydrogens (tertiary/aromatic N) is 5. The molecule has 80 heavy (non-hydrogen) atoms. The van der Waals surface area contributed by atoms with Gasteiger partial charge >= 0.3 is 5.97 Å². The van der Waals surface area contributed by atoms with Gasteiger partial charge in [-0.2, -0.15) is 0 Å². The Labute approximate surface area is 488 Å². The van der Waals surface area contributed by atoms with E-state index in [-0.39, 0.29) is 38.1 Å². The van der Waals surface area contributed by atoms with Crippen LogP contribution in [0.3, 0.4) is 0 Å². The van der Waals surface area contributed by atoms with Gasteiger partial charge in [-0.15, -0.1) is 0 Å². The Morgan fingerprint density at radius 2 is 1.12 bits per heavy atom. The first-order valence-electron chi connectivity index (χ1n) is 28.4. The number of hydrogen-bond donors (Lipinski definition) is 4. The Kier molecular flexibility index (Phi) is 24.5. The average molecular weight is 1230 g/mol. The lowest BCUT2D eigenvalue weighted by Gasteiger charge is -2.39. The summed E-state index contributed by atoms with van der Waals surface area (Å²) in [5, 5.41) is 20.5. The number of aliphatic hydroxyl groups is 1. The molecule has 19 nitrogen and oxygen atoms in total. The zero-order valence-corrected chi connectivity index (χ0v) is 52.2. The Morgan fingerprint density at radius 1 is 0.613 bits per heavy atom. The summed E-state index contributed by atoms with van der Waals surface area (Å²) in [5.41, 5.74) is -0.550. The molecule has 8 amide bonds. The number of cyclic esters (lactones) is 1. The highest BCUT2D eigenvalue weighted by Crippen LogP contribution is 2.27. The van der Waals surface area contributed by atoms with Crippen molar-refractivity contribution in [1.29, 1.82) is 0 Å². The fourth-order valence-electron chi connectivity index (χ4n) is 11.0. The number of nitrogens with one attached hydrogen (secondary N) is 3. The quantitative estimate of drug-likeness (QED) is 0.154. The molecule has 2 heterocycles. The predicted octanol–water partition coefficient (Wildman–Crippen LogP) is 4.98. The number of halogens is 1. The van der Waals surface area contributed by atoms with Gasteiger partial charge in [0.15, 0.2) is 12.1 Å². The van der Waals surface area contributed by atoms with Crippen LogP contribution >= 0.6 is 22.6 Å². The average Bonchev–Trinajstić information content (AvgIpc) is 3.90. The molecule has 2 aromatic carbocycles. The first-order valence-corrected chi connectivity index (χ1v) is 29.4. The molecule has 20 heteroatoms. The summed E-state index contributed by atoms with van der Waals surface area (Å²) in [4.78, 5) is 141. The van der Waals surface area contributed by atoms with Crippen molar-refractivity contribution in [2.45, 2.75) is 188 Å². The van der Waals surface area contributed by atoms with Gasteiger partial charge in [0, 0.05) is 57.1 Å². The van der Waals surface area contributed by atoms with E-state index in [2.05, 4.69) is 38.5 Å². The summed E-state index contributed by atoms with van der Waals surface area (Å²) in [7, 11) is 5.68. The number of esters is 1. The fourth-order valence-corrected chi connectivity index (χ4v) is 11.3. The van der Waals surface area contributed by atoms with E-state index in [9.17, 15) is 38.7 Å². The van der Waals surface area contributed by atoms with Crippen LogP contribution in [0.4, 0.5) is 0 Å². The van der Waals surface area contributed by atoms with Gasteiger partial charge in [0.05, 0.1) is 5.60 Å². The van der Waals surface area contributed by atoms with Gasteiger partial charge in [0.2, 0.25) is 41.4 Å². The smallest absolute Gasteiger partial charge is 0.332 e. The second-order valence-electron chi connectivity index (χ2n) is 23.8. The summed E-state index contributed by atoms with van der Waals surface area (Å²) in [6.45, 7) is 20.6. The molecular formula is C60H91IN8O11. The molecule has 0 aromatic heterocycles. The number of likely N-dealkylation sites (N-methyl/N-ethyl adjacent to an activating group) is 4. The van der Waals surface area contributed by atoms with Crippen LogP contribution in [0.15, 0.2) is 54.6 Å². The zero-order valence-electron chi connectivity index (χ0n) is 50.1. The third-order valence-electron chi connectivity index (χ3n) is 15.9. The Bertz CT molecular complexity index is 2490. The minimum Gasteiger partial charge on any atom is -0.450 e. The van der Waals surface area contributed by atoms with Crippen LogP contribution in [0.2, 0.25) is 0 Å². The lowest BCUT2D eigenvalue weighted by molar-refractivity contribution is -0.177. The number of fused-ring (bicyclic) bond motifs is 1. The van der Waals surface area contributed by atoms with Crippen LogP contribution in [0.25, 0.3) is 0 Å². The molecule has 444 valence electrons. The normalized spacial score (nSPS) is 26.3. The molecule has 2 saturated heterocycles. The summed E-state index contributed by atoms with van der Waals surface area (Å²) < 4.78 is 7.05. The molecule has 0 radical (unpaired) electrons. The second-order valence-corrected chi connectivity index (χ2v) is 25.1. The zero-order chi connectivity index (χ0) is 60.2. The summed E-state index contributed by atoms with van der Waals surface area (Å²) in [5.74, 6) is -8.66. The maximum Gasteiger partial charge on any atom is 0.332 e. The van der Waals surface area contributed by atoms with E-state index in [0.717, 1.165) is 14.0 Å². The van der Waals surface area contributed by atoms with Crippen molar-refractivity contribution in [1.82, 2.24) is 40.4 Å². The number of benzene rings is 2. The highest BCUT2D eigenvalue weighted by atomic mass is 127. The van der Waals surface area contributed by atoms with Gasteiger partial charge in [0.1, 0.15) is 42.3 Å². The molecular weight excluding hydrogens is 1140 g/mol. The molecule has 2 fully saturated rings. The molecule has 2 unspecified atom stereocenters. The topological polar surface area (TPSA) is 235 Å². The van der Waals surface area contributed by atoms with Gasteiger partial charge in [-0.25, -0.2) is 4.79 Å².